The molecule has 1 unspecified atom stereocenters. The molecule has 2 N–H and O–H groups in total. The van der Waals surface area contributed by atoms with Gasteiger partial charge in [-0.1, -0.05) is 13.0 Å². The number of aryl methyl sites for hydroxylation is 1. The number of carbonyl (C=O) groups is 2. The Bertz CT molecular complexity index is 1370. The molecule has 0 aromatic carbocycles. The van der Waals surface area contributed by atoms with Gasteiger partial charge in [0.25, 0.3) is 17.4 Å². The van der Waals surface area contributed by atoms with Crippen LogP contribution in [0, 0.1) is 5.92 Å². The van der Waals surface area contributed by atoms with Crippen molar-refractivity contribution >= 4 is 56.0 Å². The summed E-state index contributed by atoms with van der Waals surface area (Å²) in [6.45, 7) is 1.98. The molecule has 1 atom stereocenters. The van der Waals surface area contributed by atoms with Gasteiger partial charge in [-0.05, 0) is 48.3 Å². The standard InChI is InChI=1S/C22H20N4O3S3/c1-12-4-5-15-13(7-12)8-17(32-15)20(28)25-24-18(27)9-26-11-23-21-19(22(26)29)14(10-31-21)16-3-2-6-30-16/h2-3,6,8,10-12H,4-5,7,9H2,1H3,(H,24,27)(H,25,28). The fourth-order valence-corrected chi connectivity index (χ4v) is 6.72. The van der Waals surface area contributed by atoms with Crippen molar-refractivity contribution in [3.05, 3.63) is 61.0 Å². The first-order valence-electron chi connectivity index (χ1n) is 10.2. The normalized spacial score (nSPS) is 15.5. The molecule has 0 spiro atoms. The molecule has 4 aromatic heterocycles. The monoisotopic (exact) mass is 484 g/mol. The van der Waals surface area contributed by atoms with Crippen LogP contribution >= 0.6 is 34.0 Å². The van der Waals surface area contributed by atoms with Crippen LogP contribution < -0.4 is 16.4 Å². The molecular weight excluding hydrogens is 464 g/mol. The topological polar surface area (TPSA) is 93.1 Å². The molecule has 1 aliphatic carbocycles. The Morgan fingerprint density at radius 1 is 1.28 bits per heavy atom. The number of nitrogens with zero attached hydrogens (tertiary/aromatic N) is 2. The first-order chi connectivity index (χ1) is 15.5. The van der Waals surface area contributed by atoms with Gasteiger partial charge in [-0.25, -0.2) is 4.98 Å². The quantitative estimate of drug-likeness (QED) is 0.431. The van der Waals surface area contributed by atoms with E-state index < -0.39 is 5.91 Å². The second-order valence-corrected chi connectivity index (χ2v) is 10.8. The molecule has 32 heavy (non-hydrogen) atoms. The first kappa shape index (κ1) is 21.0. The fraction of sp³-hybridized carbons (Fsp3) is 0.273. The Hall–Kier alpha value is -2.82. The number of nitrogens with one attached hydrogen (secondary N) is 2. The third kappa shape index (κ3) is 4.01. The molecule has 0 bridgehead atoms. The SMILES string of the molecule is CC1CCc2sc(C(=O)NNC(=O)Cn3cnc4scc(-c5cccs5)c4c3=O)cc2C1. The maximum absolute atomic E-state index is 13.0. The number of carbonyl (C=O) groups excluding carboxylic acids is 2. The zero-order chi connectivity index (χ0) is 22.2. The minimum Gasteiger partial charge on any atom is -0.289 e. The number of fused-ring (bicyclic) bond motifs is 2. The van der Waals surface area contributed by atoms with Crippen molar-refractivity contribution in [2.24, 2.45) is 5.92 Å². The minimum atomic E-state index is -0.496. The predicted molar refractivity (Wildman–Crippen MR) is 128 cm³/mol. The Morgan fingerprint density at radius 3 is 2.97 bits per heavy atom. The van der Waals surface area contributed by atoms with Crippen LogP contribution in [-0.2, 0) is 24.2 Å². The molecule has 4 heterocycles. The molecule has 0 saturated heterocycles. The number of hydrazine groups is 1. The van der Waals surface area contributed by atoms with E-state index in [0.29, 0.717) is 21.0 Å². The third-order valence-electron chi connectivity index (χ3n) is 5.53. The summed E-state index contributed by atoms with van der Waals surface area (Å²) in [5.41, 5.74) is 6.66. The smallest absolute Gasteiger partial charge is 0.279 e. The average Bonchev–Trinajstić information content (AvgIpc) is 3.52. The van der Waals surface area contributed by atoms with Crippen molar-refractivity contribution < 1.29 is 9.59 Å². The van der Waals surface area contributed by atoms with Crippen molar-refractivity contribution in [3.8, 4) is 10.4 Å². The molecule has 0 saturated carbocycles. The van der Waals surface area contributed by atoms with Gasteiger partial charge in [-0.15, -0.1) is 34.0 Å². The number of aromatic nitrogens is 2. The summed E-state index contributed by atoms with van der Waals surface area (Å²) in [4.78, 5) is 45.7. The van der Waals surface area contributed by atoms with E-state index in [0.717, 1.165) is 29.7 Å². The second-order valence-electron chi connectivity index (χ2n) is 7.89. The Labute approximate surface area is 195 Å². The van der Waals surface area contributed by atoms with Gasteiger partial charge in [0.1, 0.15) is 11.4 Å². The molecule has 0 fully saturated rings. The molecule has 10 heteroatoms. The van der Waals surface area contributed by atoms with E-state index in [-0.39, 0.29) is 18.0 Å². The average molecular weight is 485 g/mol. The highest BCUT2D eigenvalue weighted by Crippen LogP contribution is 2.33. The Balaban J connectivity index is 1.27. The number of hydrogen-bond acceptors (Lipinski definition) is 7. The van der Waals surface area contributed by atoms with Crippen LogP contribution in [0.2, 0.25) is 0 Å². The van der Waals surface area contributed by atoms with Crippen LogP contribution in [-0.4, -0.2) is 21.4 Å². The van der Waals surface area contributed by atoms with E-state index in [4.69, 9.17) is 0 Å². The van der Waals surface area contributed by atoms with E-state index in [9.17, 15) is 14.4 Å². The maximum Gasteiger partial charge on any atom is 0.279 e. The molecular formula is C22H20N4O3S3. The molecule has 164 valence electrons. The van der Waals surface area contributed by atoms with Gasteiger partial charge in [0.15, 0.2) is 0 Å². The molecule has 0 aliphatic heterocycles. The van der Waals surface area contributed by atoms with Crippen molar-refractivity contribution in [1.82, 2.24) is 20.4 Å². The largest absolute Gasteiger partial charge is 0.289 e. The molecule has 1 aliphatic rings. The third-order valence-corrected chi connectivity index (χ3v) is 8.56. The van der Waals surface area contributed by atoms with Crippen LogP contribution in [0.4, 0.5) is 0 Å². The number of amides is 2. The summed E-state index contributed by atoms with van der Waals surface area (Å²) in [6.07, 6.45) is 4.49. The second kappa shape index (κ2) is 8.61. The fourth-order valence-electron chi connectivity index (χ4n) is 3.89. The highest BCUT2D eigenvalue weighted by Gasteiger charge is 2.21. The minimum absolute atomic E-state index is 0.236. The Morgan fingerprint density at radius 2 is 2.16 bits per heavy atom. The highest BCUT2D eigenvalue weighted by molar-refractivity contribution is 7.18. The lowest BCUT2D eigenvalue weighted by Gasteiger charge is -2.16. The van der Waals surface area contributed by atoms with Gasteiger partial charge in [0.05, 0.1) is 16.6 Å². The maximum atomic E-state index is 13.0. The van der Waals surface area contributed by atoms with Crippen molar-refractivity contribution in [2.45, 2.75) is 32.7 Å². The van der Waals surface area contributed by atoms with Crippen molar-refractivity contribution in [2.75, 3.05) is 0 Å². The van der Waals surface area contributed by atoms with E-state index in [1.54, 1.807) is 11.3 Å². The summed E-state index contributed by atoms with van der Waals surface area (Å²) in [5, 5.41) is 4.38. The summed E-state index contributed by atoms with van der Waals surface area (Å²) in [7, 11) is 0. The summed E-state index contributed by atoms with van der Waals surface area (Å²) >= 11 is 4.43. The lowest BCUT2D eigenvalue weighted by molar-refractivity contribution is -0.122. The van der Waals surface area contributed by atoms with Gasteiger partial charge in [0, 0.05) is 20.7 Å². The van der Waals surface area contributed by atoms with Gasteiger partial charge in [-0.3, -0.25) is 29.8 Å². The summed E-state index contributed by atoms with van der Waals surface area (Å²) in [6, 6.07) is 5.80. The van der Waals surface area contributed by atoms with Crippen LogP contribution in [0.3, 0.4) is 0 Å². The van der Waals surface area contributed by atoms with Gasteiger partial charge in [0.2, 0.25) is 0 Å². The number of rotatable bonds is 4. The highest BCUT2D eigenvalue weighted by atomic mass is 32.1. The molecule has 7 nitrogen and oxygen atoms in total. The van der Waals surface area contributed by atoms with E-state index in [2.05, 4.69) is 22.8 Å². The Kier molecular flexibility index (Phi) is 5.66. The molecule has 0 radical (unpaired) electrons. The summed E-state index contributed by atoms with van der Waals surface area (Å²) in [5.74, 6) is -0.214. The number of thiophene rings is 3. The summed E-state index contributed by atoms with van der Waals surface area (Å²) < 4.78 is 1.26. The van der Waals surface area contributed by atoms with E-state index >= 15 is 0 Å². The van der Waals surface area contributed by atoms with Crippen LogP contribution in [0.25, 0.3) is 20.7 Å². The molecule has 2 amide bonds. The molecule has 5 rings (SSSR count). The van der Waals surface area contributed by atoms with Crippen LogP contribution in [0.15, 0.2) is 40.1 Å². The lowest BCUT2D eigenvalue weighted by Crippen LogP contribution is -2.44. The first-order valence-corrected chi connectivity index (χ1v) is 12.8. The zero-order valence-corrected chi connectivity index (χ0v) is 19.7. The molecule has 4 aromatic rings. The van der Waals surface area contributed by atoms with Crippen molar-refractivity contribution in [1.29, 1.82) is 0 Å². The van der Waals surface area contributed by atoms with Crippen molar-refractivity contribution in [3.63, 3.8) is 0 Å². The zero-order valence-electron chi connectivity index (χ0n) is 17.2. The lowest BCUT2D eigenvalue weighted by atomic mass is 9.90. The predicted octanol–water partition coefficient (Wildman–Crippen LogP) is 3.83. The number of hydrogen-bond donors (Lipinski definition) is 2. The van der Waals surface area contributed by atoms with Gasteiger partial charge < -0.3 is 0 Å². The van der Waals surface area contributed by atoms with E-state index in [1.165, 1.54) is 44.0 Å². The van der Waals surface area contributed by atoms with Gasteiger partial charge in [-0.2, -0.15) is 0 Å². The van der Waals surface area contributed by atoms with Gasteiger partial charge >= 0.3 is 0 Å². The van der Waals surface area contributed by atoms with Crippen LogP contribution in [0.5, 0.6) is 0 Å². The van der Waals surface area contributed by atoms with E-state index in [1.807, 2.05) is 29.0 Å². The van der Waals surface area contributed by atoms with Crippen LogP contribution in [0.1, 0.15) is 33.5 Å².